The topological polar surface area (TPSA) is 69.7 Å². The number of esters is 2. The van der Waals surface area contributed by atoms with E-state index in [2.05, 4.69) is 16.4 Å². The Kier molecular flexibility index (Phi) is 11.4. The molecular formula is C10H18O5. The fourth-order valence-electron chi connectivity index (χ4n) is 0.504. The highest BCUT2D eigenvalue weighted by Crippen LogP contribution is 1.86. The summed E-state index contributed by atoms with van der Waals surface area (Å²) < 4.78 is 8.67. The van der Waals surface area contributed by atoms with Crippen LogP contribution in [0, 0.1) is 0 Å². The molecule has 0 unspecified atom stereocenters. The lowest BCUT2D eigenvalue weighted by Gasteiger charge is -1.96. The van der Waals surface area contributed by atoms with Crippen LogP contribution in [0.4, 0.5) is 0 Å². The molecule has 5 nitrogen and oxygen atoms in total. The summed E-state index contributed by atoms with van der Waals surface area (Å²) in [6, 6.07) is 0. The molecule has 0 aliphatic carbocycles. The zero-order valence-electron chi connectivity index (χ0n) is 9.66. The van der Waals surface area contributed by atoms with Gasteiger partial charge in [-0.25, -0.2) is 4.79 Å². The molecule has 0 atom stereocenters. The predicted molar refractivity (Wildman–Crippen MR) is 54.2 cm³/mol. The number of carbonyl (C=O) groups excluding carboxylic acids is 3. The van der Waals surface area contributed by atoms with Crippen LogP contribution in [0.2, 0.25) is 0 Å². The number of hydrogen-bond donors (Lipinski definition) is 0. The van der Waals surface area contributed by atoms with E-state index in [1.807, 2.05) is 0 Å². The molecule has 0 saturated heterocycles. The Bertz CT molecular complexity index is 210. The lowest BCUT2D eigenvalue weighted by atomic mass is 10.4. The molecule has 0 fully saturated rings. The molecule has 0 amide bonds. The fraction of sp³-hybridized carbons (Fsp3) is 0.700. The van der Waals surface area contributed by atoms with Gasteiger partial charge in [-0.2, -0.15) is 0 Å². The largest absolute Gasteiger partial charge is 0.466 e. The molecule has 0 aromatic rings. The van der Waals surface area contributed by atoms with E-state index in [1.165, 1.54) is 14.0 Å². The molecule has 0 aliphatic rings. The van der Waals surface area contributed by atoms with Crippen LogP contribution in [-0.4, -0.2) is 31.4 Å². The van der Waals surface area contributed by atoms with Gasteiger partial charge in [-0.3, -0.25) is 9.59 Å². The molecule has 0 saturated carbocycles. The van der Waals surface area contributed by atoms with Gasteiger partial charge in [0.15, 0.2) is 0 Å². The Morgan fingerprint density at radius 1 is 1.13 bits per heavy atom. The second kappa shape index (κ2) is 10.7. The monoisotopic (exact) mass is 218 g/mol. The summed E-state index contributed by atoms with van der Waals surface area (Å²) in [6.45, 7) is 5.22. The molecule has 0 aromatic heterocycles. The van der Waals surface area contributed by atoms with E-state index in [-0.39, 0.29) is 5.97 Å². The molecule has 0 N–H and O–H groups in total. The molecule has 0 radical (unpaired) electrons. The molecule has 0 heterocycles. The smallest absolute Gasteiger partial charge is 0.374 e. The highest BCUT2D eigenvalue weighted by atomic mass is 16.5. The van der Waals surface area contributed by atoms with Crippen LogP contribution >= 0.6 is 0 Å². The highest BCUT2D eigenvalue weighted by Gasteiger charge is 2.03. The van der Waals surface area contributed by atoms with Crippen molar-refractivity contribution in [1.29, 1.82) is 0 Å². The van der Waals surface area contributed by atoms with Gasteiger partial charge < -0.3 is 9.47 Å². The molecule has 15 heavy (non-hydrogen) atoms. The van der Waals surface area contributed by atoms with Crippen LogP contribution in [0.5, 0.6) is 0 Å². The number of hydrogen-bond acceptors (Lipinski definition) is 5. The second-order valence-electron chi connectivity index (χ2n) is 2.74. The van der Waals surface area contributed by atoms with Crippen molar-refractivity contribution in [2.75, 3.05) is 13.7 Å². The van der Waals surface area contributed by atoms with E-state index in [0.29, 0.717) is 6.61 Å². The first-order valence-corrected chi connectivity index (χ1v) is 4.67. The zero-order valence-corrected chi connectivity index (χ0v) is 9.66. The summed E-state index contributed by atoms with van der Waals surface area (Å²) in [5.41, 5.74) is 0. The molecule has 0 aromatic carbocycles. The van der Waals surface area contributed by atoms with Crippen molar-refractivity contribution in [2.24, 2.45) is 0 Å². The van der Waals surface area contributed by atoms with E-state index in [0.717, 1.165) is 19.8 Å². The van der Waals surface area contributed by atoms with Gasteiger partial charge in [0.1, 0.15) is 0 Å². The summed E-state index contributed by atoms with van der Waals surface area (Å²) >= 11 is 0. The number of carbonyl (C=O) groups is 3. The van der Waals surface area contributed by atoms with Crippen molar-refractivity contribution >= 4 is 17.7 Å². The van der Waals surface area contributed by atoms with E-state index in [9.17, 15) is 14.4 Å². The molecule has 0 spiro atoms. The summed E-state index contributed by atoms with van der Waals surface area (Å²) in [4.78, 5) is 29.9. The normalized spacial score (nSPS) is 8.27. The van der Waals surface area contributed by atoms with Gasteiger partial charge in [0, 0.05) is 13.8 Å². The Hall–Kier alpha value is -1.39. The third kappa shape index (κ3) is 15.4. The maximum absolute atomic E-state index is 10.1. The number of rotatable bonds is 4. The second-order valence-corrected chi connectivity index (χ2v) is 2.74. The van der Waals surface area contributed by atoms with E-state index >= 15 is 0 Å². The molecule has 5 heteroatoms. The van der Waals surface area contributed by atoms with Gasteiger partial charge in [0.05, 0.1) is 13.7 Å². The first-order valence-electron chi connectivity index (χ1n) is 4.67. The van der Waals surface area contributed by atoms with Crippen LogP contribution in [0.1, 0.15) is 33.6 Å². The van der Waals surface area contributed by atoms with E-state index < -0.39 is 11.8 Å². The minimum absolute atomic E-state index is 0.182. The summed E-state index contributed by atoms with van der Waals surface area (Å²) in [6.07, 6.45) is 2.05. The van der Waals surface area contributed by atoms with Crippen LogP contribution in [0.15, 0.2) is 0 Å². The Labute approximate surface area is 89.7 Å². The molecular weight excluding hydrogens is 200 g/mol. The number of methoxy groups -OCH3 is 1. The summed E-state index contributed by atoms with van der Waals surface area (Å²) in [5, 5.41) is 0. The Morgan fingerprint density at radius 2 is 1.67 bits per heavy atom. The van der Waals surface area contributed by atoms with Crippen molar-refractivity contribution in [3.63, 3.8) is 0 Å². The lowest BCUT2D eigenvalue weighted by molar-refractivity contribution is -0.150. The molecule has 0 aliphatic heterocycles. The van der Waals surface area contributed by atoms with Crippen molar-refractivity contribution in [2.45, 2.75) is 33.6 Å². The standard InChI is InChI=1S/C6H12O2.C4H6O3/c1-3-4-5-8-6(2)7;1-3(5)4(6)7-2/h3-5H2,1-2H3;1-2H3. The summed E-state index contributed by atoms with van der Waals surface area (Å²) in [7, 11) is 1.17. The van der Waals surface area contributed by atoms with Crippen molar-refractivity contribution < 1.29 is 23.9 Å². The molecule has 0 rings (SSSR count). The third-order valence-electron chi connectivity index (χ3n) is 1.28. The lowest BCUT2D eigenvalue weighted by Crippen LogP contribution is -2.10. The van der Waals surface area contributed by atoms with Gasteiger partial charge in [0.25, 0.3) is 0 Å². The van der Waals surface area contributed by atoms with Gasteiger partial charge >= 0.3 is 11.9 Å². The average Bonchev–Trinajstić information content (AvgIpc) is 2.17. The van der Waals surface area contributed by atoms with Crippen molar-refractivity contribution in [3.05, 3.63) is 0 Å². The van der Waals surface area contributed by atoms with Crippen LogP contribution < -0.4 is 0 Å². The molecule has 0 bridgehead atoms. The minimum Gasteiger partial charge on any atom is -0.466 e. The Morgan fingerprint density at radius 3 is 1.87 bits per heavy atom. The first-order chi connectivity index (χ1) is 6.95. The van der Waals surface area contributed by atoms with Crippen LogP contribution in [0.3, 0.4) is 0 Å². The number of Topliss-reactive ketones (excluding diaryl/α,β-unsaturated/α-hetero) is 1. The predicted octanol–water partition coefficient (Wildman–Crippen LogP) is 1.10. The third-order valence-corrected chi connectivity index (χ3v) is 1.28. The van der Waals surface area contributed by atoms with Crippen molar-refractivity contribution in [1.82, 2.24) is 0 Å². The van der Waals surface area contributed by atoms with E-state index in [4.69, 9.17) is 0 Å². The minimum atomic E-state index is -0.792. The zero-order chi connectivity index (χ0) is 12.3. The van der Waals surface area contributed by atoms with Gasteiger partial charge in [-0.1, -0.05) is 13.3 Å². The Balaban J connectivity index is 0. The summed E-state index contributed by atoms with van der Waals surface area (Å²) in [5.74, 6) is -1.54. The quantitative estimate of drug-likeness (QED) is 0.401. The maximum Gasteiger partial charge on any atom is 0.374 e. The highest BCUT2D eigenvalue weighted by molar-refractivity contribution is 6.32. The SMILES string of the molecule is CCCCOC(C)=O.COC(=O)C(C)=O. The number of ketones is 1. The fourth-order valence-corrected chi connectivity index (χ4v) is 0.504. The molecule has 88 valence electrons. The van der Waals surface area contributed by atoms with Gasteiger partial charge in [-0.15, -0.1) is 0 Å². The van der Waals surface area contributed by atoms with Crippen LogP contribution in [-0.2, 0) is 23.9 Å². The van der Waals surface area contributed by atoms with Crippen molar-refractivity contribution in [3.8, 4) is 0 Å². The van der Waals surface area contributed by atoms with Crippen LogP contribution in [0.25, 0.3) is 0 Å². The average molecular weight is 218 g/mol. The maximum atomic E-state index is 10.1. The first kappa shape index (κ1) is 16.1. The number of ether oxygens (including phenoxy) is 2. The van der Waals surface area contributed by atoms with Gasteiger partial charge in [0.2, 0.25) is 5.78 Å². The van der Waals surface area contributed by atoms with E-state index in [1.54, 1.807) is 0 Å². The van der Waals surface area contributed by atoms with Gasteiger partial charge in [-0.05, 0) is 6.42 Å². The number of unbranched alkanes of at least 4 members (excludes halogenated alkanes) is 1.